The van der Waals surface area contributed by atoms with E-state index < -0.39 is 0 Å². The summed E-state index contributed by atoms with van der Waals surface area (Å²) in [6.07, 6.45) is 2.61. The summed E-state index contributed by atoms with van der Waals surface area (Å²) in [7, 11) is 0. The van der Waals surface area contributed by atoms with Crippen molar-refractivity contribution in [1.82, 2.24) is 4.90 Å². The van der Waals surface area contributed by atoms with Gasteiger partial charge in [0.2, 0.25) is 0 Å². The summed E-state index contributed by atoms with van der Waals surface area (Å²) in [5, 5.41) is 0. The predicted octanol–water partition coefficient (Wildman–Crippen LogP) is 5.10. The van der Waals surface area contributed by atoms with Crippen LogP contribution >= 0.6 is 0 Å². The molecule has 0 amide bonds. The second-order valence-electron chi connectivity index (χ2n) is 9.60. The Hall–Kier alpha value is -0.0400. The van der Waals surface area contributed by atoms with Crippen LogP contribution in [0.15, 0.2) is 0 Å². The molecule has 1 heterocycles. The SMILES string of the molecule is CC(C)(C)C1CC(C)(C)N(C(C)(C)C)C(C)(C)C1. The number of rotatable bonds is 0. The van der Waals surface area contributed by atoms with Crippen LogP contribution in [0.25, 0.3) is 0 Å². The predicted molar refractivity (Wildman–Crippen MR) is 81.9 cm³/mol. The first-order valence-electron chi connectivity index (χ1n) is 7.48. The molecule has 1 saturated heterocycles. The van der Waals surface area contributed by atoms with Crippen molar-refractivity contribution in [3.8, 4) is 0 Å². The third kappa shape index (κ3) is 3.10. The van der Waals surface area contributed by atoms with Crippen molar-refractivity contribution in [1.29, 1.82) is 0 Å². The van der Waals surface area contributed by atoms with Gasteiger partial charge in [0.15, 0.2) is 0 Å². The van der Waals surface area contributed by atoms with Crippen LogP contribution in [0.4, 0.5) is 0 Å². The average Bonchev–Trinajstić information content (AvgIpc) is 1.92. The van der Waals surface area contributed by atoms with Crippen molar-refractivity contribution in [3.63, 3.8) is 0 Å². The minimum Gasteiger partial charge on any atom is -0.288 e. The normalized spacial score (nSPS) is 26.3. The molecule has 0 saturated carbocycles. The van der Waals surface area contributed by atoms with E-state index in [1.54, 1.807) is 0 Å². The molecule has 0 aliphatic carbocycles. The minimum absolute atomic E-state index is 0.232. The van der Waals surface area contributed by atoms with E-state index in [2.05, 4.69) is 74.1 Å². The Bertz CT molecular complexity index is 281. The number of likely N-dealkylation sites (tertiary alicyclic amines) is 1. The third-order valence-corrected chi connectivity index (χ3v) is 4.60. The van der Waals surface area contributed by atoms with Gasteiger partial charge in [-0.2, -0.15) is 0 Å². The van der Waals surface area contributed by atoms with E-state index in [0.717, 1.165) is 5.92 Å². The fraction of sp³-hybridized carbons (Fsp3) is 1.00. The van der Waals surface area contributed by atoms with E-state index in [-0.39, 0.29) is 16.6 Å². The first-order chi connectivity index (χ1) is 7.68. The van der Waals surface area contributed by atoms with E-state index in [4.69, 9.17) is 0 Å². The maximum atomic E-state index is 2.75. The highest BCUT2D eigenvalue weighted by Gasteiger charge is 2.51. The second-order valence-corrected chi connectivity index (χ2v) is 9.60. The molecular formula is C17H35N. The summed E-state index contributed by atoms with van der Waals surface area (Å²) < 4.78 is 0. The zero-order valence-corrected chi connectivity index (χ0v) is 14.4. The molecule has 1 rings (SSSR count). The largest absolute Gasteiger partial charge is 0.288 e. The fourth-order valence-corrected chi connectivity index (χ4v) is 4.71. The van der Waals surface area contributed by atoms with Crippen molar-refractivity contribution in [2.45, 2.75) is 98.7 Å². The Morgan fingerprint density at radius 1 is 0.778 bits per heavy atom. The lowest BCUT2D eigenvalue weighted by Crippen LogP contribution is -2.67. The highest BCUT2D eigenvalue weighted by molar-refractivity contribution is 5.06. The third-order valence-electron chi connectivity index (χ3n) is 4.60. The molecule has 18 heavy (non-hydrogen) atoms. The van der Waals surface area contributed by atoms with Gasteiger partial charge in [0, 0.05) is 16.6 Å². The van der Waals surface area contributed by atoms with Crippen LogP contribution in [0.2, 0.25) is 0 Å². The zero-order valence-electron chi connectivity index (χ0n) is 14.4. The molecule has 1 fully saturated rings. The number of hydrogen-bond acceptors (Lipinski definition) is 1. The molecule has 0 aromatic heterocycles. The van der Waals surface area contributed by atoms with E-state index in [9.17, 15) is 0 Å². The van der Waals surface area contributed by atoms with Gasteiger partial charge in [0.05, 0.1) is 0 Å². The summed E-state index contributed by atoms with van der Waals surface area (Å²) >= 11 is 0. The maximum Gasteiger partial charge on any atom is 0.0166 e. The number of nitrogens with zero attached hydrogens (tertiary/aromatic N) is 1. The molecule has 0 bridgehead atoms. The van der Waals surface area contributed by atoms with Crippen LogP contribution in [0.5, 0.6) is 0 Å². The topological polar surface area (TPSA) is 3.24 Å². The van der Waals surface area contributed by atoms with Crippen LogP contribution in [0, 0.1) is 11.3 Å². The van der Waals surface area contributed by atoms with Gasteiger partial charge in [-0.05, 0) is 72.6 Å². The summed E-state index contributed by atoms with van der Waals surface area (Å²) in [5.74, 6) is 0.807. The molecule has 0 unspecified atom stereocenters. The van der Waals surface area contributed by atoms with E-state index >= 15 is 0 Å². The molecule has 1 heteroatoms. The van der Waals surface area contributed by atoms with Gasteiger partial charge in [0.1, 0.15) is 0 Å². The second kappa shape index (κ2) is 4.23. The molecule has 0 aromatic carbocycles. The van der Waals surface area contributed by atoms with E-state index in [0.29, 0.717) is 5.41 Å². The lowest BCUT2D eigenvalue weighted by atomic mass is 9.63. The summed E-state index contributed by atoms with van der Waals surface area (Å²) in [6, 6.07) is 0. The van der Waals surface area contributed by atoms with Gasteiger partial charge in [-0.3, -0.25) is 4.90 Å². The lowest BCUT2D eigenvalue weighted by Gasteiger charge is -2.62. The van der Waals surface area contributed by atoms with Gasteiger partial charge in [-0.1, -0.05) is 20.8 Å². The van der Waals surface area contributed by atoms with E-state index in [1.165, 1.54) is 12.8 Å². The van der Waals surface area contributed by atoms with Crippen LogP contribution in [-0.2, 0) is 0 Å². The molecule has 0 N–H and O–H groups in total. The number of hydrogen-bond donors (Lipinski definition) is 0. The van der Waals surface area contributed by atoms with Crippen molar-refractivity contribution >= 4 is 0 Å². The molecule has 0 radical (unpaired) electrons. The highest BCUT2D eigenvalue weighted by atomic mass is 15.3. The first kappa shape index (κ1) is 16.0. The van der Waals surface area contributed by atoms with Crippen LogP contribution in [-0.4, -0.2) is 21.5 Å². The van der Waals surface area contributed by atoms with Crippen LogP contribution in [0.3, 0.4) is 0 Å². The van der Waals surface area contributed by atoms with Crippen molar-refractivity contribution in [3.05, 3.63) is 0 Å². The Morgan fingerprint density at radius 3 is 1.33 bits per heavy atom. The fourth-order valence-electron chi connectivity index (χ4n) is 4.71. The van der Waals surface area contributed by atoms with Gasteiger partial charge in [-0.15, -0.1) is 0 Å². The van der Waals surface area contributed by atoms with Gasteiger partial charge in [-0.25, -0.2) is 0 Å². The quantitative estimate of drug-likeness (QED) is 0.580. The summed E-state index contributed by atoms with van der Waals surface area (Å²) in [5.41, 5.74) is 1.20. The molecular weight excluding hydrogens is 218 g/mol. The molecule has 0 atom stereocenters. The smallest absolute Gasteiger partial charge is 0.0166 e. The maximum absolute atomic E-state index is 2.75. The van der Waals surface area contributed by atoms with Crippen molar-refractivity contribution in [2.24, 2.45) is 11.3 Å². The molecule has 108 valence electrons. The van der Waals surface area contributed by atoms with Crippen LogP contribution in [0.1, 0.15) is 82.1 Å². The summed E-state index contributed by atoms with van der Waals surface area (Å²) in [4.78, 5) is 2.75. The Balaban J connectivity index is 3.14. The molecule has 1 aliphatic rings. The van der Waals surface area contributed by atoms with Crippen molar-refractivity contribution < 1.29 is 0 Å². The highest BCUT2D eigenvalue weighted by Crippen LogP contribution is 2.50. The molecule has 1 aliphatic heterocycles. The van der Waals surface area contributed by atoms with E-state index in [1.807, 2.05) is 0 Å². The lowest BCUT2D eigenvalue weighted by molar-refractivity contribution is -0.123. The molecule has 0 aromatic rings. The first-order valence-corrected chi connectivity index (χ1v) is 7.48. The number of piperidine rings is 1. The zero-order chi connectivity index (χ0) is 14.6. The standard InChI is InChI=1S/C17H35N/c1-14(2,3)13-11-16(7,8)18(15(4,5)6)17(9,10)12-13/h13H,11-12H2,1-10H3. The molecule has 0 spiro atoms. The van der Waals surface area contributed by atoms with Gasteiger partial charge in [0.25, 0.3) is 0 Å². The van der Waals surface area contributed by atoms with Crippen LogP contribution < -0.4 is 0 Å². The summed E-state index contributed by atoms with van der Waals surface area (Å²) in [6.45, 7) is 24.0. The average molecular weight is 253 g/mol. The Labute approximate surface area is 115 Å². The van der Waals surface area contributed by atoms with Gasteiger partial charge < -0.3 is 0 Å². The monoisotopic (exact) mass is 253 g/mol. The Kier molecular flexibility index (Phi) is 3.76. The minimum atomic E-state index is 0.232. The molecule has 1 nitrogen and oxygen atoms in total. The Morgan fingerprint density at radius 2 is 1.11 bits per heavy atom. The van der Waals surface area contributed by atoms with Gasteiger partial charge >= 0.3 is 0 Å². The van der Waals surface area contributed by atoms with Crippen molar-refractivity contribution in [2.75, 3.05) is 0 Å².